The lowest BCUT2D eigenvalue weighted by Crippen LogP contribution is -2.46. The molecule has 0 saturated carbocycles. The summed E-state index contributed by atoms with van der Waals surface area (Å²) in [7, 11) is -3.29. The van der Waals surface area contributed by atoms with E-state index >= 15 is 0 Å². The van der Waals surface area contributed by atoms with Crippen LogP contribution in [-0.2, 0) is 24.3 Å². The maximum Gasteiger partial charge on any atom is 0.254 e. The van der Waals surface area contributed by atoms with Crippen molar-refractivity contribution in [2.45, 2.75) is 74.1 Å². The average molecular weight is 730 g/mol. The van der Waals surface area contributed by atoms with Gasteiger partial charge in [-0.1, -0.05) is 57.0 Å². The molecular formula is C37H52ClN5O6S. The Kier molecular flexibility index (Phi) is 14.5. The van der Waals surface area contributed by atoms with E-state index < -0.39 is 33.7 Å². The van der Waals surface area contributed by atoms with Crippen LogP contribution in [0.5, 0.6) is 5.75 Å². The van der Waals surface area contributed by atoms with Crippen LogP contribution in [0.15, 0.2) is 54.6 Å². The van der Waals surface area contributed by atoms with E-state index in [2.05, 4.69) is 26.7 Å². The molecule has 1 amide bonds. The highest BCUT2D eigenvalue weighted by Gasteiger charge is 2.35. The number of ketones is 1. The van der Waals surface area contributed by atoms with Gasteiger partial charge in [-0.15, -0.1) is 0 Å². The third-order valence-corrected chi connectivity index (χ3v) is 9.02. The largest absolute Gasteiger partial charge is 0.465 e. The van der Waals surface area contributed by atoms with Crippen LogP contribution in [0.4, 0.5) is 22.7 Å². The first kappa shape index (κ1) is 40.6. The Balaban J connectivity index is 1.72. The van der Waals surface area contributed by atoms with Crippen LogP contribution in [0.1, 0.15) is 57.7 Å². The van der Waals surface area contributed by atoms with E-state index in [1.807, 2.05) is 69.9 Å². The zero-order valence-corrected chi connectivity index (χ0v) is 32.1. The summed E-state index contributed by atoms with van der Waals surface area (Å²) in [5, 5.41) is 9.52. The number of hydrogen-bond donors (Lipinski definition) is 4. The fourth-order valence-corrected chi connectivity index (χ4v) is 5.77. The molecule has 0 bridgehead atoms. The zero-order chi connectivity index (χ0) is 37.2. The van der Waals surface area contributed by atoms with Crippen molar-refractivity contribution < 1.29 is 27.5 Å². The number of halogens is 1. The predicted octanol–water partition coefficient (Wildman–Crippen LogP) is 6.88. The quantitative estimate of drug-likeness (QED) is 0.0816. The summed E-state index contributed by atoms with van der Waals surface area (Å²) >= 11 is 6.50. The van der Waals surface area contributed by atoms with Gasteiger partial charge in [-0.3, -0.25) is 9.59 Å². The van der Waals surface area contributed by atoms with Gasteiger partial charge in [0.05, 0.1) is 17.0 Å². The minimum absolute atomic E-state index is 0.143. The van der Waals surface area contributed by atoms with Crippen LogP contribution >= 0.6 is 11.6 Å². The van der Waals surface area contributed by atoms with Crippen molar-refractivity contribution in [2.75, 3.05) is 53.5 Å². The fraction of sp³-hybridized carbons (Fsp3) is 0.459. The fourth-order valence-electron chi connectivity index (χ4n) is 5.14. The molecule has 0 aliphatic heterocycles. The third kappa shape index (κ3) is 12.2. The van der Waals surface area contributed by atoms with Crippen molar-refractivity contribution in [2.24, 2.45) is 5.41 Å². The van der Waals surface area contributed by atoms with Crippen molar-refractivity contribution >= 4 is 56.1 Å². The van der Waals surface area contributed by atoms with E-state index in [1.165, 1.54) is 0 Å². The molecule has 0 aliphatic rings. The molecule has 2 unspecified atom stereocenters. The molecular weight excluding hydrogens is 678 g/mol. The lowest BCUT2D eigenvalue weighted by molar-refractivity contribution is -0.131. The zero-order valence-electron chi connectivity index (χ0n) is 30.6. The Bertz CT molecular complexity index is 1740. The molecule has 0 heterocycles. The predicted molar refractivity (Wildman–Crippen MR) is 204 cm³/mol. The Morgan fingerprint density at radius 2 is 1.66 bits per heavy atom. The van der Waals surface area contributed by atoms with Gasteiger partial charge in [0.15, 0.2) is 11.8 Å². The second kappa shape index (κ2) is 17.9. The summed E-state index contributed by atoms with van der Waals surface area (Å²) in [5.74, 6) is -0.0900. The summed E-state index contributed by atoms with van der Waals surface area (Å²) in [6, 6.07) is 15.5. The minimum Gasteiger partial charge on any atom is -0.465 e. The molecule has 4 N–H and O–H groups in total. The Hall–Kier alpha value is -3.84. The molecule has 50 heavy (non-hydrogen) atoms. The van der Waals surface area contributed by atoms with Gasteiger partial charge in [0.1, 0.15) is 12.5 Å². The maximum absolute atomic E-state index is 13.8. The number of nitrogens with one attached hydrogen (secondary N) is 4. The number of anilines is 4. The Labute approximate surface area is 302 Å². The van der Waals surface area contributed by atoms with Gasteiger partial charge >= 0.3 is 0 Å². The Morgan fingerprint density at radius 3 is 2.26 bits per heavy atom. The SMILES string of the molecule is CCC(OCNc1ccc(Cl)c(NC(=O)C(Nc2ccc(N(CC)CCNS(C)(=O)=O)cc2C)C(=O)C(C)(C)C)c1)Oc1ccc(C)cc1C. The molecule has 0 spiro atoms. The van der Waals surface area contributed by atoms with Gasteiger partial charge in [0, 0.05) is 48.5 Å². The number of rotatable bonds is 18. The number of hydrogen-bond acceptors (Lipinski definition) is 9. The van der Waals surface area contributed by atoms with E-state index in [1.54, 1.807) is 39.0 Å². The first-order valence-corrected chi connectivity index (χ1v) is 19.0. The van der Waals surface area contributed by atoms with E-state index in [9.17, 15) is 18.0 Å². The van der Waals surface area contributed by atoms with Crippen LogP contribution in [0.25, 0.3) is 0 Å². The van der Waals surface area contributed by atoms with E-state index in [4.69, 9.17) is 21.1 Å². The van der Waals surface area contributed by atoms with Crippen LogP contribution in [0.2, 0.25) is 5.02 Å². The monoisotopic (exact) mass is 729 g/mol. The topological polar surface area (TPSA) is 138 Å². The van der Waals surface area contributed by atoms with Crippen molar-refractivity contribution in [3.8, 4) is 5.75 Å². The van der Waals surface area contributed by atoms with Gasteiger partial charge in [-0.2, -0.15) is 0 Å². The molecule has 2 atom stereocenters. The molecule has 3 rings (SSSR count). The molecule has 274 valence electrons. The molecule has 3 aromatic rings. The second-order valence-electron chi connectivity index (χ2n) is 13.3. The highest BCUT2D eigenvalue weighted by molar-refractivity contribution is 7.88. The summed E-state index contributed by atoms with van der Waals surface area (Å²) in [6.07, 6.45) is 1.29. The molecule has 0 saturated heterocycles. The van der Waals surface area contributed by atoms with Crippen molar-refractivity contribution in [3.63, 3.8) is 0 Å². The molecule has 0 aliphatic carbocycles. The van der Waals surface area contributed by atoms with Gasteiger partial charge < -0.3 is 30.3 Å². The lowest BCUT2D eigenvalue weighted by Gasteiger charge is -2.27. The van der Waals surface area contributed by atoms with E-state index in [-0.39, 0.29) is 19.1 Å². The molecule has 0 fully saturated rings. The number of carbonyl (C=O) groups is 2. The number of Topliss-reactive ketones (excluding diaryl/α,β-unsaturated/α-hetero) is 1. The van der Waals surface area contributed by atoms with Gasteiger partial charge in [0.2, 0.25) is 16.3 Å². The number of amides is 1. The minimum atomic E-state index is -3.29. The second-order valence-corrected chi connectivity index (χ2v) is 15.6. The highest BCUT2D eigenvalue weighted by Crippen LogP contribution is 2.29. The number of carbonyl (C=O) groups excluding carboxylic acids is 2. The van der Waals surface area contributed by atoms with Crippen molar-refractivity contribution in [1.82, 2.24) is 4.72 Å². The standard InChI is InChI=1S/C37H52ClN5O6S/c1-10-33(49-32-17-12-24(3)20-26(32)5)48-23-39-27-13-15-29(38)31(22-27)42-36(45)34(35(44)37(6,7)8)41-30-16-14-28(21-25(30)4)43(11-2)19-18-40-50(9,46)47/h12-17,20-22,33-34,39-41H,10-11,18-19,23H2,1-9H3,(H,42,45). The number of benzene rings is 3. The van der Waals surface area contributed by atoms with E-state index in [0.717, 1.165) is 34.4 Å². The average Bonchev–Trinajstić information content (AvgIpc) is 3.03. The van der Waals surface area contributed by atoms with Crippen molar-refractivity contribution in [3.05, 3.63) is 76.3 Å². The highest BCUT2D eigenvalue weighted by atomic mass is 35.5. The lowest BCUT2D eigenvalue weighted by atomic mass is 9.86. The number of ether oxygens (including phenoxy) is 2. The summed E-state index contributed by atoms with van der Waals surface area (Å²) in [4.78, 5) is 29.4. The van der Waals surface area contributed by atoms with Crippen LogP contribution < -0.4 is 30.3 Å². The summed E-state index contributed by atoms with van der Waals surface area (Å²) in [5.41, 5.74) is 4.66. The van der Waals surface area contributed by atoms with Crippen LogP contribution in [-0.4, -0.2) is 65.1 Å². The number of aryl methyl sites for hydroxylation is 3. The van der Waals surface area contributed by atoms with Gasteiger partial charge in [0.25, 0.3) is 5.91 Å². The normalized spacial score (nSPS) is 12.9. The summed E-state index contributed by atoms with van der Waals surface area (Å²) < 4.78 is 37.5. The molecule has 3 aromatic carbocycles. The molecule has 0 aromatic heterocycles. The van der Waals surface area contributed by atoms with Crippen molar-refractivity contribution in [1.29, 1.82) is 0 Å². The molecule has 11 nitrogen and oxygen atoms in total. The van der Waals surface area contributed by atoms with Crippen LogP contribution in [0.3, 0.4) is 0 Å². The number of nitrogens with zero attached hydrogens (tertiary/aromatic N) is 1. The first-order valence-electron chi connectivity index (χ1n) is 16.7. The Morgan fingerprint density at radius 1 is 0.940 bits per heavy atom. The smallest absolute Gasteiger partial charge is 0.254 e. The van der Waals surface area contributed by atoms with Gasteiger partial charge in [-0.25, -0.2) is 13.1 Å². The first-order chi connectivity index (χ1) is 23.4. The molecule has 13 heteroatoms. The number of likely N-dealkylation sites (N-methyl/N-ethyl adjacent to an activating group) is 1. The van der Waals surface area contributed by atoms with E-state index in [0.29, 0.717) is 41.6 Å². The summed E-state index contributed by atoms with van der Waals surface area (Å²) in [6.45, 7) is 16.7. The van der Waals surface area contributed by atoms with Crippen LogP contribution in [0, 0.1) is 26.2 Å². The maximum atomic E-state index is 13.8. The molecule has 0 radical (unpaired) electrons. The van der Waals surface area contributed by atoms with Gasteiger partial charge in [-0.05, 0) is 81.3 Å². The third-order valence-electron chi connectivity index (χ3n) is 7.96. The number of sulfonamides is 1.